The number of hydrogen-bond acceptors (Lipinski definition) is 4. The molecule has 1 aromatic heterocycles. The third kappa shape index (κ3) is 3.89. The molecule has 1 amide bonds. The maximum absolute atomic E-state index is 11.4. The van der Waals surface area contributed by atoms with E-state index in [1.165, 1.54) is 0 Å². The average Bonchev–Trinajstić information content (AvgIpc) is 2.68. The first-order valence-electron chi connectivity index (χ1n) is 8.25. The van der Waals surface area contributed by atoms with Crippen molar-refractivity contribution in [2.24, 2.45) is 0 Å². The summed E-state index contributed by atoms with van der Waals surface area (Å²) in [6.45, 7) is 1.17. The van der Waals surface area contributed by atoms with Crippen LogP contribution in [0.3, 0.4) is 0 Å². The predicted octanol–water partition coefficient (Wildman–Crippen LogP) is 4.00. The molecule has 26 heavy (non-hydrogen) atoms. The Kier molecular flexibility index (Phi) is 5.58. The molecule has 0 saturated carbocycles. The molecule has 0 bridgehead atoms. The van der Waals surface area contributed by atoms with Crippen molar-refractivity contribution in [3.63, 3.8) is 0 Å². The summed E-state index contributed by atoms with van der Waals surface area (Å²) in [5.74, 6) is 0.541. The molecular formula is C20H20ClN3O2. The molecule has 134 valence electrons. The number of carbonyl (C=O) groups is 1. The van der Waals surface area contributed by atoms with Crippen LogP contribution in [0.25, 0.3) is 10.9 Å². The van der Waals surface area contributed by atoms with Gasteiger partial charge in [0.2, 0.25) is 12.3 Å². The van der Waals surface area contributed by atoms with Crippen molar-refractivity contribution in [3.05, 3.63) is 59.6 Å². The van der Waals surface area contributed by atoms with E-state index in [1.807, 2.05) is 66.5 Å². The molecule has 6 heteroatoms. The lowest BCUT2D eigenvalue weighted by Gasteiger charge is -2.25. The Morgan fingerprint density at radius 2 is 1.88 bits per heavy atom. The molecule has 2 aromatic carbocycles. The van der Waals surface area contributed by atoms with Crippen LogP contribution >= 0.6 is 11.6 Å². The second kappa shape index (κ2) is 8.06. The number of benzene rings is 2. The van der Waals surface area contributed by atoms with Crippen molar-refractivity contribution >= 4 is 40.3 Å². The number of methoxy groups -OCH3 is 1. The molecule has 0 atom stereocenters. The number of aromatic nitrogens is 1. The Balaban J connectivity index is 1.82. The highest BCUT2D eigenvalue weighted by atomic mass is 35.5. The number of anilines is 2. The summed E-state index contributed by atoms with van der Waals surface area (Å²) in [4.78, 5) is 19.7. The van der Waals surface area contributed by atoms with Gasteiger partial charge >= 0.3 is 0 Å². The van der Waals surface area contributed by atoms with E-state index in [1.54, 1.807) is 12.0 Å². The molecular weight excluding hydrogens is 350 g/mol. The van der Waals surface area contributed by atoms with Gasteiger partial charge in [0.05, 0.1) is 12.6 Å². The van der Waals surface area contributed by atoms with Gasteiger partial charge < -0.3 is 14.5 Å². The summed E-state index contributed by atoms with van der Waals surface area (Å²) >= 11 is 6.10. The van der Waals surface area contributed by atoms with E-state index in [2.05, 4.69) is 4.98 Å². The van der Waals surface area contributed by atoms with Crippen molar-refractivity contribution < 1.29 is 9.53 Å². The van der Waals surface area contributed by atoms with Crippen LogP contribution in [0.2, 0.25) is 5.02 Å². The number of pyridine rings is 1. The molecule has 0 aliphatic heterocycles. The van der Waals surface area contributed by atoms with Gasteiger partial charge in [-0.2, -0.15) is 0 Å². The van der Waals surface area contributed by atoms with Gasteiger partial charge in [-0.3, -0.25) is 4.79 Å². The quantitative estimate of drug-likeness (QED) is 0.590. The smallest absolute Gasteiger partial charge is 0.237 e. The summed E-state index contributed by atoms with van der Waals surface area (Å²) in [7, 11) is 3.55. The Hall–Kier alpha value is -2.79. The molecule has 3 rings (SSSR count). The number of para-hydroxylation sites is 1. The fourth-order valence-electron chi connectivity index (χ4n) is 2.78. The van der Waals surface area contributed by atoms with Gasteiger partial charge in [0.25, 0.3) is 0 Å². The van der Waals surface area contributed by atoms with Crippen LogP contribution in [0.5, 0.6) is 5.88 Å². The molecule has 3 aromatic rings. The largest absolute Gasteiger partial charge is 0.480 e. The van der Waals surface area contributed by atoms with Crippen LogP contribution in [0.4, 0.5) is 11.4 Å². The van der Waals surface area contributed by atoms with Crippen LogP contribution in [-0.4, -0.2) is 38.6 Å². The van der Waals surface area contributed by atoms with Gasteiger partial charge in [0, 0.05) is 36.2 Å². The zero-order valence-electron chi connectivity index (χ0n) is 14.7. The lowest BCUT2D eigenvalue weighted by molar-refractivity contribution is -0.107. The molecule has 0 fully saturated rings. The second-order valence-corrected chi connectivity index (χ2v) is 6.35. The number of amides is 1. The molecule has 0 spiro atoms. The topological polar surface area (TPSA) is 45.7 Å². The first-order valence-corrected chi connectivity index (χ1v) is 8.62. The molecule has 5 nitrogen and oxygen atoms in total. The molecule has 0 aliphatic carbocycles. The molecule has 0 radical (unpaired) electrons. The number of ether oxygens (including phenoxy) is 1. The van der Waals surface area contributed by atoms with Crippen molar-refractivity contribution in [2.45, 2.75) is 0 Å². The molecule has 0 saturated heterocycles. The van der Waals surface area contributed by atoms with Gasteiger partial charge in [-0.05, 0) is 36.4 Å². The number of hydrogen-bond donors (Lipinski definition) is 0. The monoisotopic (exact) mass is 369 g/mol. The van der Waals surface area contributed by atoms with Gasteiger partial charge in [0.15, 0.2) is 0 Å². The lowest BCUT2D eigenvalue weighted by Crippen LogP contribution is -2.32. The Bertz CT molecular complexity index is 902. The average molecular weight is 370 g/mol. The van der Waals surface area contributed by atoms with Gasteiger partial charge in [0.1, 0.15) is 5.69 Å². The van der Waals surface area contributed by atoms with E-state index in [4.69, 9.17) is 16.3 Å². The third-order valence-corrected chi connectivity index (χ3v) is 4.45. The number of rotatable bonds is 7. The van der Waals surface area contributed by atoms with Crippen molar-refractivity contribution in [1.82, 2.24) is 4.98 Å². The highest BCUT2D eigenvalue weighted by molar-refractivity contribution is 6.31. The summed E-state index contributed by atoms with van der Waals surface area (Å²) in [5.41, 5.74) is 2.54. The van der Waals surface area contributed by atoms with E-state index in [0.717, 1.165) is 28.7 Å². The SMILES string of the molecule is COc1nc2ccc(Cl)cc2cc1N(C)CCN(C=O)c1ccccc1. The summed E-state index contributed by atoms with van der Waals surface area (Å²) in [5, 5.41) is 1.60. The maximum atomic E-state index is 11.4. The lowest BCUT2D eigenvalue weighted by atomic mass is 10.2. The number of halogens is 1. The van der Waals surface area contributed by atoms with Gasteiger partial charge in [-0.25, -0.2) is 4.98 Å². The molecule has 1 heterocycles. The Labute approximate surface area is 157 Å². The molecule has 0 unspecified atom stereocenters. The number of nitrogens with zero attached hydrogens (tertiary/aromatic N) is 3. The van der Waals surface area contributed by atoms with Crippen molar-refractivity contribution in [1.29, 1.82) is 0 Å². The van der Waals surface area contributed by atoms with Crippen LogP contribution in [0, 0.1) is 0 Å². The first-order chi connectivity index (χ1) is 12.6. The minimum absolute atomic E-state index is 0.541. The number of carbonyl (C=O) groups excluding carboxylic acids is 1. The van der Waals surface area contributed by atoms with Crippen LogP contribution < -0.4 is 14.5 Å². The highest BCUT2D eigenvalue weighted by Crippen LogP contribution is 2.30. The van der Waals surface area contributed by atoms with Gasteiger partial charge in [-0.15, -0.1) is 0 Å². The summed E-state index contributed by atoms with van der Waals surface area (Å²) < 4.78 is 5.45. The minimum atomic E-state index is 0.541. The zero-order valence-corrected chi connectivity index (χ0v) is 15.5. The normalized spacial score (nSPS) is 10.6. The maximum Gasteiger partial charge on any atom is 0.237 e. The van der Waals surface area contributed by atoms with Crippen LogP contribution in [0.15, 0.2) is 54.6 Å². The standard InChI is InChI=1S/C20H20ClN3O2/c1-23(10-11-24(14-25)17-6-4-3-5-7-17)19-13-15-12-16(21)8-9-18(15)22-20(19)26-2/h3-9,12-14H,10-11H2,1-2H3. The highest BCUT2D eigenvalue weighted by Gasteiger charge is 2.14. The fraction of sp³-hybridized carbons (Fsp3) is 0.200. The van der Waals surface area contributed by atoms with Crippen molar-refractivity contribution in [3.8, 4) is 5.88 Å². The molecule has 0 aliphatic rings. The zero-order chi connectivity index (χ0) is 18.5. The van der Waals surface area contributed by atoms with E-state index >= 15 is 0 Å². The molecule has 0 N–H and O–H groups in total. The van der Waals surface area contributed by atoms with E-state index < -0.39 is 0 Å². The second-order valence-electron chi connectivity index (χ2n) is 5.91. The number of likely N-dealkylation sites (N-methyl/N-ethyl adjacent to an activating group) is 1. The number of fused-ring (bicyclic) bond motifs is 1. The Morgan fingerprint density at radius 3 is 2.58 bits per heavy atom. The van der Waals surface area contributed by atoms with Crippen LogP contribution in [0.1, 0.15) is 0 Å². The Morgan fingerprint density at radius 1 is 1.12 bits per heavy atom. The van der Waals surface area contributed by atoms with Gasteiger partial charge in [-0.1, -0.05) is 29.8 Å². The predicted molar refractivity (Wildman–Crippen MR) is 106 cm³/mol. The fourth-order valence-corrected chi connectivity index (χ4v) is 2.96. The first kappa shape index (κ1) is 18.0. The van der Waals surface area contributed by atoms with Crippen molar-refractivity contribution in [2.75, 3.05) is 37.0 Å². The summed E-state index contributed by atoms with van der Waals surface area (Å²) in [6, 6.07) is 17.1. The summed E-state index contributed by atoms with van der Waals surface area (Å²) in [6.07, 6.45) is 0.846. The van der Waals surface area contributed by atoms with E-state index in [0.29, 0.717) is 24.0 Å². The third-order valence-electron chi connectivity index (χ3n) is 4.22. The van der Waals surface area contributed by atoms with E-state index in [9.17, 15) is 4.79 Å². The van der Waals surface area contributed by atoms with Crippen LogP contribution in [-0.2, 0) is 4.79 Å². The van der Waals surface area contributed by atoms with E-state index in [-0.39, 0.29) is 0 Å². The minimum Gasteiger partial charge on any atom is -0.480 e.